The number of rotatable bonds is 15. The van der Waals surface area contributed by atoms with Crippen molar-refractivity contribution in [2.24, 2.45) is 0 Å². The zero-order valence-corrected chi connectivity index (χ0v) is 41.2. The summed E-state index contributed by atoms with van der Waals surface area (Å²) >= 11 is 0. The molecule has 0 N–H and O–H groups in total. The minimum atomic E-state index is -3.02. The van der Waals surface area contributed by atoms with Gasteiger partial charge in [0.2, 0.25) is 0 Å². The van der Waals surface area contributed by atoms with Crippen LogP contribution in [0.5, 0.6) is 0 Å². The Balaban J connectivity index is 3.87. The largest absolute Gasteiger partial charge is 0.415 e. The lowest BCUT2D eigenvalue weighted by Crippen LogP contribution is -2.68. The molecule has 0 aromatic rings. The van der Waals surface area contributed by atoms with E-state index < -0.39 is 42.8 Å². The molecule has 300 valence electrons. The highest BCUT2D eigenvalue weighted by Gasteiger charge is 2.57. The Kier molecular flexibility index (Phi) is 17.6. The van der Waals surface area contributed by atoms with Gasteiger partial charge in [0.1, 0.15) is 0 Å². The molecule has 0 radical (unpaired) electrons. The lowest BCUT2D eigenvalue weighted by Gasteiger charge is -2.50. The quantitative estimate of drug-likeness (QED) is 0.149. The molecule has 1 heterocycles. The molecule has 0 amide bonds. The van der Waals surface area contributed by atoms with Crippen LogP contribution in [0, 0.1) is 0 Å². The van der Waals surface area contributed by atoms with Crippen molar-refractivity contribution in [2.75, 3.05) is 33.0 Å². The van der Waals surface area contributed by atoms with Crippen LogP contribution in [0.15, 0.2) is 0 Å². The third-order valence-corrected chi connectivity index (χ3v) is 30.4. The average Bonchev–Trinajstić information content (AvgIpc) is 2.77. The van der Waals surface area contributed by atoms with Crippen LogP contribution >= 0.6 is 0 Å². The van der Waals surface area contributed by atoms with Crippen LogP contribution < -0.4 is 0 Å². The molecule has 1 fully saturated rings. The molecule has 1 aliphatic heterocycles. The van der Waals surface area contributed by atoms with Gasteiger partial charge in [-0.15, -0.1) is 0 Å². The van der Waals surface area contributed by atoms with Gasteiger partial charge in [-0.05, 0) is 137 Å². The number of hydrogen-bond acceptors (Lipinski definition) is 10. The first-order chi connectivity index (χ1) is 22.1. The maximum absolute atomic E-state index is 7.40. The van der Waals surface area contributed by atoms with E-state index in [0.717, 1.165) is 0 Å². The van der Waals surface area contributed by atoms with Crippen LogP contribution in [-0.4, -0.2) is 104 Å². The van der Waals surface area contributed by atoms with Crippen molar-refractivity contribution < 1.29 is 44.3 Å². The highest BCUT2D eigenvalue weighted by Crippen LogP contribution is 2.38. The van der Waals surface area contributed by atoms with E-state index in [1.54, 1.807) is 0 Å². The Bertz CT molecular complexity index is 816. The average molecular weight is 801 g/mol. The number of hydrogen-bond donors (Lipinski definition) is 0. The molecule has 1 aliphatic rings. The molecule has 10 nitrogen and oxygen atoms in total. The van der Waals surface area contributed by atoms with Gasteiger partial charge in [-0.1, -0.05) is 0 Å². The predicted molar refractivity (Wildman–Crippen MR) is 216 cm³/mol. The van der Waals surface area contributed by atoms with Gasteiger partial charge >= 0.3 is 42.8 Å². The van der Waals surface area contributed by atoms with Crippen LogP contribution in [0.4, 0.5) is 0 Å². The molecule has 15 heteroatoms. The maximum Gasteiger partial charge on any atom is 0.319 e. The van der Waals surface area contributed by atoms with Crippen molar-refractivity contribution in [1.82, 2.24) is 0 Å². The molecule has 0 bridgehead atoms. The second kappa shape index (κ2) is 18.1. The minimum Gasteiger partial charge on any atom is -0.415 e. The Morgan fingerprint density at radius 3 is 0.500 bits per heavy atom. The molecule has 0 spiro atoms. The van der Waals surface area contributed by atoms with Gasteiger partial charge in [0.25, 0.3) is 0 Å². The van der Waals surface area contributed by atoms with Crippen molar-refractivity contribution in [1.29, 1.82) is 0 Å². The molecule has 0 unspecified atom stereocenters. The van der Waals surface area contributed by atoms with E-state index in [9.17, 15) is 0 Å². The van der Waals surface area contributed by atoms with E-state index in [-0.39, 0.29) is 28.0 Å². The molecule has 50 heavy (non-hydrogen) atoms. The van der Waals surface area contributed by atoms with Crippen molar-refractivity contribution in [3.05, 3.63) is 0 Å². The molecular formula is C35H80O10Si5. The standard InChI is InChI=1S/C35H80O10Si5/c1-31(2,3)36-21-26-46(16)41-47(17,27-22-37-32(4,5)6)43-49(19,29-24-39-34(10,11)12)45-50(20,30-25-40-35(13,14)15)44-48(18,42-46)28-23-38-33(7,8)9/h21-30H2,1-20H3. The van der Waals surface area contributed by atoms with Gasteiger partial charge < -0.3 is 44.3 Å². The van der Waals surface area contributed by atoms with Crippen LogP contribution in [0.1, 0.15) is 104 Å². The summed E-state index contributed by atoms with van der Waals surface area (Å²) in [5, 5.41) is 0. The Morgan fingerprint density at radius 2 is 0.400 bits per heavy atom. The lowest BCUT2D eigenvalue weighted by molar-refractivity contribution is 0.000187. The fourth-order valence-electron chi connectivity index (χ4n) is 5.61. The second-order valence-corrected chi connectivity index (χ2v) is 37.7. The smallest absolute Gasteiger partial charge is 0.319 e. The van der Waals surface area contributed by atoms with E-state index >= 15 is 0 Å². The molecule has 1 rings (SSSR count). The van der Waals surface area contributed by atoms with Crippen LogP contribution in [-0.2, 0) is 44.3 Å². The summed E-state index contributed by atoms with van der Waals surface area (Å²) < 4.78 is 68.5. The summed E-state index contributed by atoms with van der Waals surface area (Å²) in [7, 11) is -15.1. The molecule has 1 saturated heterocycles. The van der Waals surface area contributed by atoms with Gasteiger partial charge in [0.15, 0.2) is 0 Å². The van der Waals surface area contributed by atoms with E-state index in [1.807, 2.05) is 0 Å². The van der Waals surface area contributed by atoms with Crippen molar-refractivity contribution in [3.8, 4) is 0 Å². The maximum atomic E-state index is 7.40. The summed E-state index contributed by atoms with van der Waals surface area (Å²) in [5.41, 5.74) is -1.45. The second-order valence-electron chi connectivity index (χ2n) is 19.7. The SMILES string of the molecule is CC(C)(C)OCC[Si]1(C)O[Si](C)(CCOC(C)(C)C)O[Si](C)(CCOC(C)(C)C)O[Si](C)(CCOC(C)(C)C)O[Si](C)(CCOC(C)(C)C)O1. The van der Waals surface area contributed by atoms with E-state index in [0.29, 0.717) is 63.3 Å². The molecule has 0 aromatic carbocycles. The van der Waals surface area contributed by atoms with Gasteiger partial charge in [-0.2, -0.15) is 0 Å². The Hall–Kier alpha value is 0.684. The van der Waals surface area contributed by atoms with Gasteiger partial charge in [0, 0.05) is 63.3 Å². The van der Waals surface area contributed by atoms with Gasteiger partial charge in [0.05, 0.1) is 28.0 Å². The first kappa shape index (κ1) is 48.7. The Labute approximate surface area is 313 Å². The summed E-state index contributed by atoms with van der Waals surface area (Å²) in [6.07, 6.45) is 0. The highest BCUT2D eigenvalue weighted by molar-refractivity contribution is 6.94. The summed E-state index contributed by atoms with van der Waals surface area (Å²) in [5.74, 6) is 0. The molecular weight excluding hydrogens is 721 g/mol. The fourth-order valence-corrected chi connectivity index (χ4v) is 33.0. The monoisotopic (exact) mass is 800 g/mol. The Morgan fingerprint density at radius 1 is 0.280 bits per heavy atom. The van der Waals surface area contributed by atoms with Crippen molar-refractivity contribution in [3.63, 3.8) is 0 Å². The van der Waals surface area contributed by atoms with E-state index in [2.05, 4.69) is 137 Å². The zero-order chi connectivity index (χ0) is 39.1. The topological polar surface area (TPSA) is 92.3 Å². The summed E-state index contributed by atoms with van der Waals surface area (Å²) in [6.45, 7) is 44.6. The van der Waals surface area contributed by atoms with Crippen LogP contribution in [0.2, 0.25) is 63.0 Å². The van der Waals surface area contributed by atoms with Gasteiger partial charge in [-0.3, -0.25) is 0 Å². The zero-order valence-electron chi connectivity index (χ0n) is 36.2. The summed E-state index contributed by atoms with van der Waals surface area (Å²) in [4.78, 5) is 0. The van der Waals surface area contributed by atoms with Gasteiger partial charge in [-0.25, -0.2) is 0 Å². The van der Waals surface area contributed by atoms with Crippen LogP contribution in [0.25, 0.3) is 0 Å². The molecule has 0 aromatic heterocycles. The van der Waals surface area contributed by atoms with Crippen molar-refractivity contribution in [2.45, 2.75) is 195 Å². The molecule has 0 aliphatic carbocycles. The molecule has 0 saturated carbocycles. The third-order valence-electron chi connectivity index (χ3n) is 7.62. The first-order valence-corrected chi connectivity index (χ1v) is 31.4. The van der Waals surface area contributed by atoms with Crippen LogP contribution in [0.3, 0.4) is 0 Å². The molecule has 0 atom stereocenters. The number of ether oxygens (including phenoxy) is 5. The predicted octanol–water partition coefficient (Wildman–Crippen LogP) is 9.52. The van der Waals surface area contributed by atoms with E-state index in [4.69, 9.17) is 44.3 Å². The van der Waals surface area contributed by atoms with Crippen molar-refractivity contribution >= 4 is 42.8 Å². The minimum absolute atomic E-state index is 0.290. The lowest BCUT2D eigenvalue weighted by atomic mass is 10.2. The first-order valence-electron chi connectivity index (χ1n) is 18.8. The third kappa shape index (κ3) is 22.2. The highest BCUT2D eigenvalue weighted by atomic mass is 28.5. The normalized spacial score (nSPS) is 31.2. The summed E-state index contributed by atoms with van der Waals surface area (Å²) in [6, 6.07) is 3.19. The fraction of sp³-hybridized carbons (Fsp3) is 1.00. The van der Waals surface area contributed by atoms with E-state index in [1.165, 1.54) is 0 Å².